The van der Waals surface area contributed by atoms with Crippen LogP contribution in [0.1, 0.15) is 74.2 Å². The van der Waals surface area contributed by atoms with Crippen molar-refractivity contribution in [2.24, 2.45) is 0 Å². The number of amides is 1. The second-order valence-corrected chi connectivity index (χ2v) is 11.4. The number of aryl methyl sites for hydroxylation is 2. The molecule has 1 aliphatic heterocycles. The SMILES string of the molecule is COc1ccc(S(=O)(=O)N2CCCC2)cc1CCC(=O)N[C@@H](C)c1cc(C(C)C)c(OC)cc1C. The number of benzene rings is 2. The second-order valence-electron chi connectivity index (χ2n) is 9.48. The van der Waals surface area contributed by atoms with Crippen LogP contribution < -0.4 is 14.8 Å². The molecule has 1 saturated heterocycles. The smallest absolute Gasteiger partial charge is 0.243 e. The lowest BCUT2D eigenvalue weighted by atomic mass is 9.93. The molecular formula is C27H38N2O5S. The molecule has 1 N–H and O–H groups in total. The number of methoxy groups -OCH3 is 2. The van der Waals surface area contributed by atoms with Crippen molar-refractivity contribution in [2.75, 3.05) is 27.3 Å². The van der Waals surface area contributed by atoms with Gasteiger partial charge < -0.3 is 14.8 Å². The van der Waals surface area contributed by atoms with Gasteiger partial charge >= 0.3 is 0 Å². The summed E-state index contributed by atoms with van der Waals surface area (Å²) in [5.41, 5.74) is 3.92. The Kier molecular flexibility index (Phi) is 8.83. The minimum Gasteiger partial charge on any atom is -0.496 e. The number of nitrogens with zero attached hydrogens (tertiary/aromatic N) is 1. The van der Waals surface area contributed by atoms with Crippen molar-refractivity contribution in [1.29, 1.82) is 0 Å². The Morgan fingerprint density at radius 2 is 1.66 bits per heavy atom. The molecule has 1 fully saturated rings. The molecule has 1 atom stereocenters. The van der Waals surface area contributed by atoms with Crippen LogP contribution >= 0.6 is 0 Å². The van der Waals surface area contributed by atoms with E-state index in [0.29, 0.717) is 36.7 Å². The lowest BCUT2D eigenvalue weighted by Gasteiger charge is -2.21. The van der Waals surface area contributed by atoms with E-state index < -0.39 is 10.0 Å². The van der Waals surface area contributed by atoms with E-state index in [0.717, 1.165) is 35.3 Å². The number of carbonyl (C=O) groups excluding carboxylic acids is 1. The monoisotopic (exact) mass is 502 g/mol. The molecular weight excluding hydrogens is 464 g/mol. The van der Waals surface area contributed by atoms with E-state index in [9.17, 15) is 13.2 Å². The molecule has 35 heavy (non-hydrogen) atoms. The number of hydrogen-bond donors (Lipinski definition) is 1. The van der Waals surface area contributed by atoms with E-state index >= 15 is 0 Å². The Morgan fingerprint density at radius 3 is 2.26 bits per heavy atom. The van der Waals surface area contributed by atoms with Crippen molar-refractivity contribution in [2.45, 2.75) is 70.2 Å². The summed E-state index contributed by atoms with van der Waals surface area (Å²) in [6, 6.07) is 8.86. The number of hydrogen-bond acceptors (Lipinski definition) is 5. The predicted octanol–water partition coefficient (Wildman–Crippen LogP) is 4.73. The van der Waals surface area contributed by atoms with Crippen molar-refractivity contribution in [3.63, 3.8) is 0 Å². The highest BCUT2D eigenvalue weighted by Crippen LogP contribution is 2.32. The number of ether oxygens (including phenoxy) is 2. The van der Waals surface area contributed by atoms with Crippen LogP contribution in [-0.4, -0.2) is 45.9 Å². The Bertz CT molecular complexity index is 1150. The van der Waals surface area contributed by atoms with Gasteiger partial charge in [0.25, 0.3) is 0 Å². The number of nitrogens with one attached hydrogen (secondary N) is 1. The van der Waals surface area contributed by atoms with Gasteiger partial charge in [0, 0.05) is 19.5 Å². The predicted molar refractivity (Wildman–Crippen MR) is 138 cm³/mol. The van der Waals surface area contributed by atoms with Crippen LogP contribution in [0.2, 0.25) is 0 Å². The third-order valence-corrected chi connectivity index (χ3v) is 8.56. The van der Waals surface area contributed by atoms with E-state index in [1.54, 1.807) is 32.4 Å². The largest absolute Gasteiger partial charge is 0.496 e. The van der Waals surface area contributed by atoms with Gasteiger partial charge in [0.1, 0.15) is 11.5 Å². The van der Waals surface area contributed by atoms with Crippen LogP contribution in [0.15, 0.2) is 35.2 Å². The number of rotatable bonds is 10. The zero-order valence-electron chi connectivity index (χ0n) is 21.7. The second kappa shape index (κ2) is 11.4. The van der Waals surface area contributed by atoms with Crippen molar-refractivity contribution >= 4 is 15.9 Å². The van der Waals surface area contributed by atoms with Crippen LogP contribution in [0.4, 0.5) is 0 Å². The summed E-state index contributed by atoms with van der Waals surface area (Å²) >= 11 is 0. The third kappa shape index (κ3) is 6.16. The number of sulfonamides is 1. The maximum Gasteiger partial charge on any atom is 0.243 e. The highest BCUT2D eigenvalue weighted by Gasteiger charge is 2.28. The topological polar surface area (TPSA) is 84.9 Å². The van der Waals surface area contributed by atoms with E-state index in [1.807, 2.05) is 19.9 Å². The first kappa shape index (κ1) is 27.0. The summed E-state index contributed by atoms with van der Waals surface area (Å²) in [7, 11) is -0.313. The molecule has 0 aliphatic carbocycles. The standard InChI is InChI=1S/C27H38N2O5S/c1-18(2)23-17-24(19(3)15-26(23)34-6)20(4)28-27(30)12-9-21-16-22(10-11-25(21)33-5)35(31,32)29-13-7-8-14-29/h10-11,15-18,20H,7-9,12-14H2,1-6H3,(H,28,30)/t20-/m0/s1. The zero-order chi connectivity index (χ0) is 25.8. The van der Waals surface area contributed by atoms with Crippen molar-refractivity contribution in [3.05, 3.63) is 52.6 Å². The van der Waals surface area contributed by atoms with Crippen molar-refractivity contribution in [3.8, 4) is 11.5 Å². The first-order chi connectivity index (χ1) is 16.6. The van der Waals surface area contributed by atoms with E-state index in [2.05, 4.69) is 25.2 Å². The van der Waals surface area contributed by atoms with Gasteiger partial charge in [0.15, 0.2) is 0 Å². The summed E-state index contributed by atoms with van der Waals surface area (Å²) in [5.74, 6) is 1.63. The Balaban J connectivity index is 1.72. The molecule has 8 heteroatoms. The molecule has 0 unspecified atom stereocenters. The van der Waals surface area contributed by atoms with Crippen LogP contribution in [-0.2, 0) is 21.2 Å². The maximum atomic E-state index is 13.0. The molecule has 2 aromatic rings. The fraction of sp³-hybridized carbons (Fsp3) is 0.519. The molecule has 0 spiro atoms. The normalized spacial score (nSPS) is 15.3. The van der Waals surface area contributed by atoms with Crippen LogP contribution in [0.25, 0.3) is 0 Å². The molecule has 0 saturated carbocycles. The van der Waals surface area contributed by atoms with Gasteiger partial charge in [-0.1, -0.05) is 13.8 Å². The maximum absolute atomic E-state index is 13.0. The summed E-state index contributed by atoms with van der Waals surface area (Å²) < 4.78 is 38.5. The highest BCUT2D eigenvalue weighted by atomic mass is 32.2. The first-order valence-electron chi connectivity index (χ1n) is 12.2. The molecule has 0 bridgehead atoms. The van der Waals surface area contributed by atoms with Crippen LogP contribution in [0, 0.1) is 6.92 Å². The van der Waals surface area contributed by atoms with Gasteiger partial charge in [0.05, 0.1) is 25.2 Å². The van der Waals surface area contributed by atoms with E-state index in [-0.39, 0.29) is 23.3 Å². The molecule has 3 rings (SSSR count). The quantitative estimate of drug-likeness (QED) is 0.508. The van der Waals surface area contributed by atoms with Gasteiger partial charge in [-0.15, -0.1) is 0 Å². The van der Waals surface area contributed by atoms with Crippen LogP contribution in [0.3, 0.4) is 0 Å². The molecule has 1 heterocycles. The minimum absolute atomic E-state index is 0.103. The molecule has 1 aliphatic rings. The average molecular weight is 503 g/mol. The Labute approximate surface area is 209 Å². The van der Waals surface area contributed by atoms with Crippen molar-refractivity contribution in [1.82, 2.24) is 9.62 Å². The highest BCUT2D eigenvalue weighted by molar-refractivity contribution is 7.89. The van der Waals surface area contributed by atoms with Gasteiger partial charge in [-0.05, 0) is 91.6 Å². The summed E-state index contributed by atoms with van der Waals surface area (Å²) in [4.78, 5) is 13.1. The Morgan fingerprint density at radius 1 is 1.00 bits per heavy atom. The van der Waals surface area contributed by atoms with E-state index in [1.165, 1.54) is 4.31 Å². The molecule has 1 amide bonds. The van der Waals surface area contributed by atoms with Gasteiger partial charge in [-0.25, -0.2) is 8.42 Å². The summed E-state index contributed by atoms with van der Waals surface area (Å²) in [5, 5.41) is 3.09. The summed E-state index contributed by atoms with van der Waals surface area (Å²) in [6.45, 7) is 9.32. The lowest BCUT2D eigenvalue weighted by Crippen LogP contribution is -2.28. The van der Waals surface area contributed by atoms with Crippen molar-refractivity contribution < 1.29 is 22.7 Å². The van der Waals surface area contributed by atoms with Gasteiger partial charge in [-0.2, -0.15) is 4.31 Å². The number of carbonyl (C=O) groups is 1. The summed E-state index contributed by atoms with van der Waals surface area (Å²) in [6.07, 6.45) is 2.37. The first-order valence-corrected chi connectivity index (χ1v) is 13.7. The van der Waals surface area contributed by atoms with Gasteiger partial charge in [-0.3, -0.25) is 4.79 Å². The molecule has 2 aromatic carbocycles. The minimum atomic E-state index is -3.53. The molecule has 192 valence electrons. The molecule has 0 aromatic heterocycles. The fourth-order valence-corrected chi connectivity index (χ4v) is 6.21. The lowest BCUT2D eigenvalue weighted by molar-refractivity contribution is -0.121. The fourth-order valence-electron chi connectivity index (χ4n) is 4.64. The Hall–Kier alpha value is -2.58. The van der Waals surface area contributed by atoms with E-state index in [4.69, 9.17) is 9.47 Å². The van der Waals surface area contributed by atoms with Gasteiger partial charge in [0.2, 0.25) is 15.9 Å². The zero-order valence-corrected chi connectivity index (χ0v) is 22.5. The molecule has 7 nitrogen and oxygen atoms in total. The average Bonchev–Trinajstić information content (AvgIpc) is 3.38. The molecule has 0 radical (unpaired) electrons. The third-order valence-electron chi connectivity index (χ3n) is 6.66. The van der Waals surface area contributed by atoms with Crippen LogP contribution in [0.5, 0.6) is 11.5 Å².